The van der Waals surface area contributed by atoms with Crippen LogP contribution in [0.5, 0.6) is 0 Å². The number of aromatic nitrogens is 2. The molecule has 4 aromatic rings. The van der Waals surface area contributed by atoms with Gasteiger partial charge in [-0.2, -0.15) is 0 Å². The van der Waals surface area contributed by atoms with E-state index in [4.69, 9.17) is 0 Å². The highest BCUT2D eigenvalue weighted by Gasteiger charge is 2.23. The summed E-state index contributed by atoms with van der Waals surface area (Å²) in [6.07, 6.45) is 3.89. The van der Waals surface area contributed by atoms with Gasteiger partial charge in [0.1, 0.15) is 11.9 Å². The number of carbonyl (C=O) groups excluding carboxylic acids is 1. The van der Waals surface area contributed by atoms with Gasteiger partial charge in [0.05, 0.1) is 18.1 Å². The lowest BCUT2D eigenvalue weighted by Crippen LogP contribution is -2.43. The lowest BCUT2D eigenvalue weighted by molar-refractivity contribution is -0.142. The second kappa shape index (κ2) is 11.2. The molecule has 1 aromatic heterocycles. The van der Waals surface area contributed by atoms with E-state index in [1.54, 1.807) is 12.4 Å². The van der Waals surface area contributed by atoms with E-state index in [-0.39, 0.29) is 24.2 Å². The number of benzene rings is 3. The predicted molar refractivity (Wildman–Crippen MR) is 146 cm³/mol. The molecule has 1 atom stereocenters. The lowest BCUT2D eigenvalue weighted by atomic mass is 9.91. The Morgan fingerprint density at radius 2 is 1.59 bits per heavy atom. The molecule has 1 heterocycles. The highest BCUT2D eigenvalue weighted by molar-refractivity contribution is 5.84. The topological polar surface area (TPSA) is 104 Å². The number of anilines is 1. The third kappa shape index (κ3) is 7.36. The normalized spacial score (nSPS) is 12.2. The van der Waals surface area contributed by atoms with E-state index in [0.29, 0.717) is 12.4 Å². The summed E-state index contributed by atoms with van der Waals surface area (Å²) in [6, 6.07) is 21.2. The van der Waals surface area contributed by atoms with E-state index < -0.39 is 12.0 Å². The molecule has 4 rings (SSSR count). The molecule has 7 nitrogen and oxygen atoms in total. The van der Waals surface area contributed by atoms with Gasteiger partial charge in [-0.25, -0.2) is 9.78 Å². The van der Waals surface area contributed by atoms with Crippen LogP contribution in [-0.4, -0.2) is 33.0 Å². The van der Waals surface area contributed by atoms with Gasteiger partial charge in [0.25, 0.3) is 0 Å². The first-order chi connectivity index (χ1) is 17.7. The van der Waals surface area contributed by atoms with E-state index in [1.807, 2.05) is 57.2 Å². The Balaban J connectivity index is 1.35. The number of rotatable bonds is 9. The largest absolute Gasteiger partial charge is 0.480 e. The molecular formula is C30H32N4O3. The zero-order valence-corrected chi connectivity index (χ0v) is 21.4. The molecule has 1 amide bonds. The van der Waals surface area contributed by atoms with Crippen molar-refractivity contribution in [1.29, 1.82) is 0 Å². The number of carboxylic acids is 1. The van der Waals surface area contributed by atoms with Crippen molar-refractivity contribution in [3.8, 4) is 11.3 Å². The molecule has 0 bridgehead atoms. The summed E-state index contributed by atoms with van der Waals surface area (Å²) < 4.78 is 0. The van der Waals surface area contributed by atoms with Crippen LogP contribution in [0.1, 0.15) is 38.3 Å². The molecule has 3 N–H and O–H groups in total. The number of fused-ring (bicyclic) bond motifs is 1. The van der Waals surface area contributed by atoms with Crippen molar-refractivity contribution in [1.82, 2.24) is 15.3 Å². The van der Waals surface area contributed by atoms with Gasteiger partial charge in [-0.15, -0.1) is 0 Å². The fourth-order valence-electron chi connectivity index (χ4n) is 4.08. The molecule has 0 radical (unpaired) electrons. The minimum Gasteiger partial charge on any atom is -0.480 e. The number of amides is 1. The molecule has 190 valence electrons. The van der Waals surface area contributed by atoms with Gasteiger partial charge >= 0.3 is 5.97 Å². The number of nitrogens with one attached hydrogen (secondary N) is 2. The molecule has 7 heteroatoms. The molecule has 0 unspecified atom stereocenters. The molecule has 0 saturated heterocycles. The van der Waals surface area contributed by atoms with Gasteiger partial charge in [-0.1, -0.05) is 81.4 Å². The number of hydrogen-bond acceptors (Lipinski definition) is 5. The Bertz CT molecular complexity index is 1380. The van der Waals surface area contributed by atoms with E-state index in [2.05, 4.69) is 50.9 Å². The van der Waals surface area contributed by atoms with E-state index in [9.17, 15) is 14.7 Å². The fourth-order valence-corrected chi connectivity index (χ4v) is 4.08. The Kier molecular flexibility index (Phi) is 7.82. The maximum atomic E-state index is 12.2. The average molecular weight is 497 g/mol. The maximum absolute atomic E-state index is 12.2. The molecule has 3 aromatic carbocycles. The summed E-state index contributed by atoms with van der Waals surface area (Å²) in [7, 11) is 0. The molecule has 0 aliphatic carbocycles. The summed E-state index contributed by atoms with van der Waals surface area (Å²) in [5, 5.41) is 17.9. The van der Waals surface area contributed by atoms with Gasteiger partial charge in [-0.3, -0.25) is 9.78 Å². The molecule has 0 saturated carbocycles. The first kappa shape index (κ1) is 25.8. The van der Waals surface area contributed by atoms with Gasteiger partial charge in [0.15, 0.2) is 0 Å². The number of carbonyl (C=O) groups is 2. The van der Waals surface area contributed by atoms with Gasteiger partial charge < -0.3 is 15.7 Å². The minimum atomic E-state index is -1.05. The Morgan fingerprint density at radius 1 is 0.892 bits per heavy atom. The van der Waals surface area contributed by atoms with Crippen LogP contribution in [0.15, 0.2) is 79.1 Å². The highest BCUT2D eigenvalue weighted by atomic mass is 16.4. The average Bonchev–Trinajstić information content (AvgIpc) is 2.86. The van der Waals surface area contributed by atoms with Gasteiger partial charge in [0, 0.05) is 24.9 Å². The smallest absolute Gasteiger partial charge is 0.326 e. The van der Waals surface area contributed by atoms with E-state index in [1.165, 1.54) is 10.8 Å². The zero-order chi connectivity index (χ0) is 26.4. The van der Waals surface area contributed by atoms with Crippen LogP contribution in [0.4, 0.5) is 5.82 Å². The summed E-state index contributed by atoms with van der Waals surface area (Å²) in [4.78, 5) is 32.9. The first-order valence-electron chi connectivity index (χ1n) is 12.3. The van der Waals surface area contributed by atoms with Crippen LogP contribution >= 0.6 is 0 Å². The van der Waals surface area contributed by atoms with Crippen LogP contribution < -0.4 is 10.6 Å². The van der Waals surface area contributed by atoms with Crippen LogP contribution in [0.3, 0.4) is 0 Å². The summed E-state index contributed by atoms with van der Waals surface area (Å²) >= 11 is 0. The van der Waals surface area contributed by atoms with Crippen LogP contribution in [-0.2, 0) is 22.6 Å². The van der Waals surface area contributed by atoms with Crippen molar-refractivity contribution in [3.63, 3.8) is 0 Å². The number of aliphatic carboxylic acids is 1. The molecule has 37 heavy (non-hydrogen) atoms. The third-order valence-electron chi connectivity index (χ3n) is 5.95. The molecule has 0 aliphatic rings. The molecular weight excluding hydrogens is 464 g/mol. The zero-order valence-electron chi connectivity index (χ0n) is 21.4. The number of hydrogen-bond donors (Lipinski definition) is 3. The predicted octanol–water partition coefficient (Wildman–Crippen LogP) is 5.46. The van der Waals surface area contributed by atoms with E-state index in [0.717, 1.165) is 22.4 Å². The Morgan fingerprint density at radius 3 is 2.24 bits per heavy atom. The van der Waals surface area contributed by atoms with Crippen molar-refractivity contribution in [2.75, 3.05) is 5.32 Å². The van der Waals surface area contributed by atoms with Crippen LogP contribution in [0.2, 0.25) is 0 Å². The van der Waals surface area contributed by atoms with Gasteiger partial charge in [0.2, 0.25) is 5.91 Å². The first-order valence-corrected chi connectivity index (χ1v) is 12.3. The van der Waals surface area contributed by atoms with Crippen LogP contribution in [0, 0.1) is 5.41 Å². The highest BCUT2D eigenvalue weighted by Crippen LogP contribution is 2.21. The maximum Gasteiger partial charge on any atom is 0.326 e. The summed E-state index contributed by atoms with van der Waals surface area (Å²) in [5.74, 6) is -0.631. The Labute approximate surface area is 217 Å². The SMILES string of the molecule is CC(C)(C)CC(=O)N[C@@H](Cc1ccc(-c2cnc(NCc3ccc4ccccc4c3)cn2)cc1)C(=O)O. The third-order valence-corrected chi connectivity index (χ3v) is 5.95. The molecule has 0 aliphatic heterocycles. The standard InChI is InChI=1S/C30H32N4O3/c1-30(2,3)16-28(35)34-25(29(36)37)15-20-8-12-23(13-9-20)26-18-33-27(19-31-26)32-17-21-10-11-22-6-4-5-7-24(22)14-21/h4-14,18-19,25H,15-17H2,1-3H3,(H,32,33)(H,34,35)(H,36,37)/t25-/m0/s1. The fraction of sp³-hybridized carbons (Fsp3) is 0.267. The monoisotopic (exact) mass is 496 g/mol. The van der Waals surface area contributed by atoms with Crippen molar-refractivity contribution < 1.29 is 14.7 Å². The molecule has 0 spiro atoms. The van der Waals surface area contributed by atoms with Crippen molar-refractivity contribution >= 4 is 28.5 Å². The van der Waals surface area contributed by atoms with Gasteiger partial charge in [-0.05, 0) is 33.4 Å². The molecule has 0 fully saturated rings. The second-order valence-corrected chi connectivity index (χ2v) is 10.4. The van der Waals surface area contributed by atoms with Crippen molar-refractivity contribution in [2.45, 2.75) is 46.2 Å². The quantitative estimate of drug-likeness (QED) is 0.284. The Hall–Kier alpha value is -4.26. The number of carboxylic acid groups (broad SMARTS) is 1. The van der Waals surface area contributed by atoms with Crippen LogP contribution in [0.25, 0.3) is 22.0 Å². The van der Waals surface area contributed by atoms with Crippen molar-refractivity contribution in [2.24, 2.45) is 5.41 Å². The second-order valence-electron chi connectivity index (χ2n) is 10.4. The van der Waals surface area contributed by atoms with Crippen molar-refractivity contribution in [3.05, 3.63) is 90.3 Å². The number of nitrogens with zero attached hydrogens (tertiary/aromatic N) is 2. The minimum absolute atomic E-state index is 0.203. The summed E-state index contributed by atoms with van der Waals surface area (Å²) in [6.45, 7) is 6.47. The summed E-state index contributed by atoms with van der Waals surface area (Å²) in [5.41, 5.74) is 3.36. The van der Waals surface area contributed by atoms with E-state index >= 15 is 0 Å². The lowest BCUT2D eigenvalue weighted by Gasteiger charge is -2.20.